The van der Waals surface area contributed by atoms with Crippen LogP contribution in [0.4, 0.5) is 5.69 Å². The van der Waals surface area contributed by atoms with Crippen LogP contribution in [0.3, 0.4) is 0 Å². The Kier molecular flexibility index (Phi) is 7.26. The number of morpholine rings is 2. The van der Waals surface area contributed by atoms with Gasteiger partial charge in [0, 0.05) is 44.0 Å². The molecule has 0 unspecified atom stereocenters. The smallest absolute Gasteiger partial charge is 0.249 e. The summed E-state index contributed by atoms with van der Waals surface area (Å²) in [7, 11) is 0. The van der Waals surface area contributed by atoms with Crippen molar-refractivity contribution in [2.24, 2.45) is 5.73 Å². The van der Waals surface area contributed by atoms with Crippen LogP contribution in [-0.2, 0) is 15.9 Å². The molecule has 2 aliphatic heterocycles. The fourth-order valence-electron chi connectivity index (χ4n) is 5.59. The van der Waals surface area contributed by atoms with E-state index >= 15 is 0 Å². The summed E-state index contributed by atoms with van der Waals surface area (Å²) in [5, 5.41) is 0.543. The zero-order valence-electron chi connectivity index (χ0n) is 21.4. The molecule has 3 aromatic carbocycles. The summed E-state index contributed by atoms with van der Waals surface area (Å²) in [6, 6.07) is 16.4. The van der Waals surface area contributed by atoms with Gasteiger partial charge in [-0.2, -0.15) is 0 Å². The predicted octanol–water partition coefficient (Wildman–Crippen LogP) is 4.22. The molecule has 0 aromatic heterocycles. The van der Waals surface area contributed by atoms with Crippen molar-refractivity contribution < 1.29 is 19.0 Å². The average Bonchev–Trinajstić information content (AvgIpc) is 3.32. The minimum atomic E-state index is -0.418. The van der Waals surface area contributed by atoms with Crippen molar-refractivity contribution in [2.75, 3.05) is 70.7 Å². The first-order chi connectivity index (χ1) is 18.6. The molecule has 0 bridgehead atoms. The van der Waals surface area contributed by atoms with Crippen LogP contribution in [0, 0.1) is 0 Å². The van der Waals surface area contributed by atoms with Crippen molar-refractivity contribution >= 4 is 23.2 Å². The number of ether oxygens (including phenoxy) is 3. The van der Waals surface area contributed by atoms with E-state index in [-0.39, 0.29) is 0 Å². The van der Waals surface area contributed by atoms with E-state index < -0.39 is 5.91 Å². The van der Waals surface area contributed by atoms with Crippen molar-refractivity contribution in [1.29, 1.82) is 0 Å². The number of halogens is 1. The van der Waals surface area contributed by atoms with Crippen LogP contribution in [0.15, 0.2) is 48.5 Å². The minimum absolute atomic E-state index is 0.418. The third kappa shape index (κ3) is 5.12. The van der Waals surface area contributed by atoms with Crippen molar-refractivity contribution in [1.82, 2.24) is 4.90 Å². The molecular formula is C30H32ClN3O4. The van der Waals surface area contributed by atoms with Crippen molar-refractivity contribution in [3.05, 3.63) is 70.2 Å². The maximum Gasteiger partial charge on any atom is 0.249 e. The maximum absolute atomic E-state index is 12.5. The average molecular weight is 534 g/mol. The van der Waals surface area contributed by atoms with Gasteiger partial charge in [-0.3, -0.25) is 9.69 Å². The quantitative estimate of drug-likeness (QED) is 0.383. The maximum atomic E-state index is 12.5. The molecule has 1 amide bonds. The third-order valence-electron chi connectivity index (χ3n) is 7.67. The molecular weight excluding hydrogens is 502 g/mol. The van der Waals surface area contributed by atoms with Gasteiger partial charge in [0.2, 0.25) is 5.91 Å². The van der Waals surface area contributed by atoms with Crippen LogP contribution in [0.1, 0.15) is 21.5 Å². The fourth-order valence-corrected chi connectivity index (χ4v) is 5.83. The summed E-state index contributed by atoms with van der Waals surface area (Å²) in [6.07, 6.45) is 0.693. The van der Waals surface area contributed by atoms with E-state index in [1.165, 1.54) is 11.3 Å². The van der Waals surface area contributed by atoms with E-state index in [2.05, 4.69) is 34.1 Å². The Morgan fingerprint density at radius 2 is 1.66 bits per heavy atom. The van der Waals surface area contributed by atoms with E-state index in [0.29, 0.717) is 29.4 Å². The molecule has 6 rings (SSSR count). The molecule has 1 aliphatic carbocycles. The number of rotatable bonds is 7. The van der Waals surface area contributed by atoms with Crippen LogP contribution < -0.4 is 15.4 Å². The summed E-state index contributed by atoms with van der Waals surface area (Å²) >= 11 is 6.63. The predicted molar refractivity (Wildman–Crippen MR) is 149 cm³/mol. The molecule has 7 nitrogen and oxygen atoms in total. The van der Waals surface area contributed by atoms with Gasteiger partial charge < -0.3 is 24.8 Å². The standard InChI is InChI=1S/C30H32ClN3O4/c31-28-19-20(1-4-29(28)38-14-7-33-5-10-36-11-6-33)21-16-25-24-3-2-23(34-8-12-37-13-9-34)15-22(24)18-26(25)27(17-21)30(32)35/h1-4,15-17,19H,5-14,18H2,(H2,32,35). The summed E-state index contributed by atoms with van der Waals surface area (Å²) in [6.45, 7) is 8.04. The molecule has 2 fully saturated rings. The first-order valence-electron chi connectivity index (χ1n) is 13.2. The summed E-state index contributed by atoms with van der Waals surface area (Å²) in [4.78, 5) is 17.2. The second-order valence-electron chi connectivity index (χ2n) is 9.98. The number of hydrogen-bond donors (Lipinski definition) is 1. The highest BCUT2D eigenvalue weighted by Crippen LogP contribution is 2.43. The highest BCUT2D eigenvalue weighted by atomic mass is 35.5. The highest BCUT2D eigenvalue weighted by molar-refractivity contribution is 6.32. The molecule has 198 valence electrons. The Morgan fingerprint density at radius 3 is 2.39 bits per heavy atom. The number of benzene rings is 3. The zero-order chi connectivity index (χ0) is 26.1. The second kappa shape index (κ2) is 10.9. The Balaban J connectivity index is 1.25. The monoisotopic (exact) mass is 533 g/mol. The zero-order valence-corrected chi connectivity index (χ0v) is 22.1. The minimum Gasteiger partial charge on any atom is -0.491 e. The number of amides is 1. The van der Waals surface area contributed by atoms with Crippen molar-refractivity contribution in [3.8, 4) is 28.0 Å². The van der Waals surface area contributed by atoms with Crippen LogP contribution in [0.2, 0.25) is 5.02 Å². The van der Waals surface area contributed by atoms with Gasteiger partial charge in [0.25, 0.3) is 0 Å². The molecule has 0 radical (unpaired) electrons. The molecule has 3 aromatic rings. The van der Waals surface area contributed by atoms with E-state index in [1.807, 2.05) is 24.3 Å². The Bertz CT molecular complexity index is 1350. The second-order valence-corrected chi connectivity index (χ2v) is 10.4. The lowest BCUT2D eigenvalue weighted by Crippen LogP contribution is -2.38. The lowest BCUT2D eigenvalue weighted by Gasteiger charge is -2.29. The Hall–Kier alpha value is -3.10. The van der Waals surface area contributed by atoms with Gasteiger partial charge in [-0.1, -0.05) is 23.7 Å². The first-order valence-corrected chi connectivity index (χ1v) is 13.6. The Labute approximate surface area is 228 Å². The van der Waals surface area contributed by atoms with Gasteiger partial charge in [0.1, 0.15) is 12.4 Å². The van der Waals surface area contributed by atoms with Gasteiger partial charge in [-0.05, 0) is 76.2 Å². The molecule has 0 spiro atoms. The molecule has 2 saturated heterocycles. The number of hydrogen-bond acceptors (Lipinski definition) is 6. The largest absolute Gasteiger partial charge is 0.491 e. The molecule has 8 heteroatoms. The molecule has 0 saturated carbocycles. The van der Waals surface area contributed by atoms with E-state index in [9.17, 15) is 4.79 Å². The number of carbonyl (C=O) groups is 1. The van der Waals surface area contributed by atoms with Crippen molar-refractivity contribution in [3.63, 3.8) is 0 Å². The lowest BCUT2D eigenvalue weighted by molar-refractivity contribution is 0.0322. The molecule has 2 N–H and O–H groups in total. The van der Waals surface area contributed by atoms with Gasteiger partial charge in [-0.15, -0.1) is 0 Å². The van der Waals surface area contributed by atoms with Gasteiger partial charge in [0.05, 0.1) is 31.5 Å². The van der Waals surface area contributed by atoms with Crippen LogP contribution in [0.25, 0.3) is 22.3 Å². The molecule has 38 heavy (non-hydrogen) atoms. The van der Waals surface area contributed by atoms with E-state index in [0.717, 1.165) is 87.0 Å². The molecule has 2 heterocycles. The van der Waals surface area contributed by atoms with Crippen LogP contribution >= 0.6 is 11.6 Å². The van der Waals surface area contributed by atoms with Crippen LogP contribution in [0.5, 0.6) is 5.75 Å². The number of nitrogens with two attached hydrogens (primary N) is 1. The number of fused-ring (bicyclic) bond motifs is 3. The number of primary amides is 1. The number of anilines is 1. The lowest BCUT2D eigenvalue weighted by atomic mass is 9.94. The van der Waals surface area contributed by atoms with Crippen molar-refractivity contribution in [2.45, 2.75) is 6.42 Å². The summed E-state index contributed by atoms with van der Waals surface area (Å²) < 4.78 is 16.9. The van der Waals surface area contributed by atoms with Gasteiger partial charge in [-0.25, -0.2) is 0 Å². The van der Waals surface area contributed by atoms with E-state index in [1.54, 1.807) is 0 Å². The van der Waals surface area contributed by atoms with Gasteiger partial charge in [0.15, 0.2) is 0 Å². The topological polar surface area (TPSA) is 77.3 Å². The number of nitrogens with zero attached hydrogens (tertiary/aromatic N) is 2. The summed E-state index contributed by atoms with van der Waals surface area (Å²) in [5.41, 5.74) is 13.8. The molecule has 0 atom stereocenters. The van der Waals surface area contributed by atoms with Gasteiger partial charge >= 0.3 is 0 Å². The summed E-state index contributed by atoms with van der Waals surface area (Å²) in [5.74, 6) is 0.236. The first kappa shape index (κ1) is 25.2. The Morgan fingerprint density at radius 1 is 0.895 bits per heavy atom. The SMILES string of the molecule is NC(=O)c1cc(-c2ccc(OCCN3CCOCC3)c(Cl)c2)cc2c1Cc1cc(N3CCOCC3)ccc1-2. The third-order valence-corrected chi connectivity index (χ3v) is 7.97. The fraction of sp³-hybridized carbons (Fsp3) is 0.367. The normalized spacial score (nSPS) is 17.2. The molecule has 3 aliphatic rings. The van der Waals surface area contributed by atoms with E-state index in [4.69, 9.17) is 31.5 Å². The highest BCUT2D eigenvalue weighted by Gasteiger charge is 2.26. The van der Waals surface area contributed by atoms with Crippen LogP contribution in [-0.4, -0.2) is 76.6 Å². The number of carbonyl (C=O) groups excluding carboxylic acids is 1.